The Balaban J connectivity index is 1.38. The van der Waals surface area contributed by atoms with Crippen molar-refractivity contribution in [3.05, 3.63) is 76.1 Å². The molecule has 0 bridgehead atoms. The molecule has 1 aliphatic carbocycles. The average molecular weight is 463 g/mol. The van der Waals surface area contributed by atoms with Gasteiger partial charge in [-0.3, -0.25) is 19.1 Å². The predicted molar refractivity (Wildman–Crippen MR) is 126 cm³/mol. The molecule has 2 aromatic carbocycles. The zero-order valence-corrected chi connectivity index (χ0v) is 19.3. The number of amides is 3. The Hall–Kier alpha value is -3.45. The van der Waals surface area contributed by atoms with Crippen molar-refractivity contribution in [3.8, 4) is 0 Å². The highest BCUT2D eigenvalue weighted by atomic mass is 35.5. The normalized spacial score (nSPS) is 15.7. The van der Waals surface area contributed by atoms with Crippen molar-refractivity contribution < 1.29 is 14.4 Å². The molecule has 0 unspecified atom stereocenters. The fourth-order valence-corrected chi connectivity index (χ4v) is 4.35. The summed E-state index contributed by atoms with van der Waals surface area (Å²) in [5, 5.41) is 7.56. The first kappa shape index (κ1) is 21.4. The molecule has 3 aromatic rings. The number of nitrogens with zero attached hydrogens (tertiary/aromatic N) is 3. The lowest BCUT2D eigenvalue weighted by Gasteiger charge is -2.22. The molecule has 0 radical (unpaired) electrons. The zero-order chi connectivity index (χ0) is 23.5. The number of anilines is 2. The Labute approximate surface area is 196 Å². The molecule has 168 valence electrons. The van der Waals surface area contributed by atoms with Crippen LogP contribution in [0.4, 0.5) is 11.4 Å². The maximum absolute atomic E-state index is 12.9. The average Bonchev–Trinajstić information content (AvgIpc) is 3.45. The van der Waals surface area contributed by atoms with Gasteiger partial charge >= 0.3 is 0 Å². The third kappa shape index (κ3) is 3.72. The van der Waals surface area contributed by atoms with Crippen LogP contribution in [-0.4, -0.2) is 27.5 Å². The van der Waals surface area contributed by atoms with E-state index in [0.717, 1.165) is 23.4 Å². The minimum atomic E-state index is -0.422. The zero-order valence-electron chi connectivity index (χ0n) is 18.6. The van der Waals surface area contributed by atoms with Crippen molar-refractivity contribution in [3.63, 3.8) is 0 Å². The summed E-state index contributed by atoms with van der Waals surface area (Å²) in [6, 6.07) is 13.2. The number of hydrogen-bond acceptors (Lipinski definition) is 4. The lowest BCUT2D eigenvalue weighted by atomic mass is 10.1. The van der Waals surface area contributed by atoms with Gasteiger partial charge in [0.05, 0.1) is 27.4 Å². The van der Waals surface area contributed by atoms with Gasteiger partial charge in [0, 0.05) is 17.3 Å². The highest BCUT2D eigenvalue weighted by Gasteiger charge is 2.37. The van der Waals surface area contributed by atoms with Gasteiger partial charge in [0.15, 0.2) is 5.69 Å². The number of nitrogens with one attached hydrogen (secondary N) is 1. The summed E-state index contributed by atoms with van der Waals surface area (Å²) in [7, 11) is 0. The van der Waals surface area contributed by atoms with Crippen LogP contribution in [0.15, 0.2) is 48.5 Å². The van der Waals surface area contributed by atoms with Gasteiger partial charge in [-0.05, 0) is 70.0 Å². The summed E-state index contributed by atoms with van der Waals surface area (Å²) >= 11 is 6.43. The number of fused-ring (bicyclic) bond motifs is 1. The second kappa shape index (κ2) is 7.56. The van der Waals surface area contributed by atoms with Crippen LogP contribution in [0.3, 0.4) is 0 Å². The molecule has 0 atom stereocenters. The van der Waals surface area contributed by atoms with E-state index in [1.807, 2.05) is 10.7 Å². The number of rotatable bonds is 4. The number of carbonyl (C=O) groups excluding carboxylic acids is 3. The first-order valence-corrected chi connectivity index (χ1v) is 11.2. The van der Waals surface area contributed by atoms with E-state index in [2.05, 4.69) is 31.2 Å². The van der Waals surface area contributed by atoms with Gasteiger partial charge in [-0.1, -0.05) is 23.7 Å². The lowest BCUT2D eigenvalue weighted by Crippen LogP contribution is -2.29. The number of benzene rings is 2. The van der Waals surface area contributed by atoms with E-state index in [4.69, 9.17) is 11.6 Å². The molecule has 33 heavy (non-hydrogen) atoms. The van der Waals surface area contributed by atoms with E-state index < -0.39 is 11.8 Å². The molecule has 0 spiro atoms. The molecule has 1 fully saturated rings. The van der Waals surface area contributed by atoms with Gasteiger partial charge in [-0.2, -0.15) is 5.10 Å². The Morgan fingerprint density at radius 1 is 1.03 bits per heavy atom. The monoisotopic (exact) mass is 462 g/mol. The number of carbonyl (C=O) groups is 3. The molecular weight excluding hydrogens is 440 g/mol. The molecule has 0 saturated heterocycles. The third-order valence-corrected chi connectivity index (χ3v) is 6.14. The molecule has 1 N–H and O–H groups in total. The van der Waals surface area contributed by atoms with Crippen LogP contribution in [0, 0.1) is 0 Å². The summed E-state index contributed by atoms with van der Waals surface area (Å²) in [5.74, 6) is -0.736. The van der Waals surface area contributed by atoms with Crippen LogP contribution in [0.2, 0.25) is 5.02 Å². The van der Waals surface area contributed by atoms with E-state index in [-0.39, 0.29) is 22.2 Å². The molecule has 2 aliphatic rings. The van der Waals surface area contributed by atoms with E-state index in [0.29, 0.717) is 28.4 Å². The molecule has 1 saturated carbocycles. The van der Waals surface area contributed by atoms with Crippen LogP contribution in [-0.2, 0) is 5.54 Å². The Kier molecular flexibility index (Phi) is 4.90. The smallest absolute Gasteiger partial charge is 0.276 e. The van der Waals surface area contributed by atoms with Crippen LogP contribution in [0.1, 0.15) is 76.4 Å². The van der Waals surface area contributed by atoms with Crippen LogP contribution < -0.4 is 10.2 Å². The largest absolute Gasteiger partial charge is 0.321 e. The van der Waals surface area contributed by atoms with Crippen LogP contribution in [0.5, 0.6) is 0 Å². The highest BCUT2D eigenvalue weighted by molar-refractivity contribution is 6.40. The van der Waals surface area contributed by atoms with Gasteiger partial charge in [0.25, 0.3) is 17.7 Å². The molecule has 7 nitrogen and oxygen atoms in total. The molecule has 2 heterocycles. The van der Waals surface area contributed by atoms with Crippen molar-refractivity contribution in [1.29, 1.82) is 0 Å². The van der Waals surface area contributed by atoms with Crippen molar-refractivity contribution in [2.24, 2.45) is 0 Å². The van der Waals surface area contributed by atoms with Gasteiger partial charge < -0.3 is 5.32 Å². The molecular formula is C25H23ClN4O3. The molecule has 5 rings (SSSR count). The summed E-state index contributed by atoms with van der Waals surface area (Å²) in [6.07, 6.45) is 2.22. The number of hydrogen-bond donors (Lipinski definition) is 1. The second-order valence-corrected chi connectivity index (χ2v) is 9.83. The van der Waals surface area contributed by atoms with Crippen LogP contribution in [0.25, 0.3) is 0 Å². The topological polar surface area (TPSA) is 84.3 Å². The fraction of sp³-hybridized carbons (Fsp3) is 0.280. The Morgan fingerprint density at radius 3 is 2.21 bits per heavy atom. The SMILES string of the molecule is CC(C)(C)n1nc(C(=O)Nc2ccc(N3C(=O)c4ccccc4C3=O)c(Cl)c2)cc1C1CC1. The molecule has 3 amide bonds. The summed E-state index contributed by atoms with van der Waals surface area (Å²) in [4.78, 5) is 39.5. The van der Waals surface area contributed by atoms with Gasteiger partial charge in [-0.15, -0.1) is 0 Å². The lowest BCUT2D eigenvalue weighted by molar-refractivity contribution is 0.0924. The van der Waals surface area contributed by atoms with Crippen molar-refractivity contribution >= 4 is 40.7 Å². The van der Waals surface area contributed by atoms with Crippen LogP contribution >= 0.6 is 11.6 Å². The third-order valence-electron chi connectivity index (χ3n) is 5.84. The summed E-state index contributed by atoms with van der Waals surface area (Å²) in [5.41, 5.74) is 2.60. The quantitative estimate of drug-likeness (QED) is 0.538. The summed E-state index contributed by atoms with van der Waals surface area (Å²) < 4.78 is 1.93. The van der Waals surface area contributed by atoms with E-state index in [1.165, 1.54) is 6.07 Å². The summed E-state index contributed by atoms with van der Waals surface area (Å²) in [6.45, 7) is 6.18. The molecule has 8 heteroatoms. The van der Waals surface area contributed by atoms with Gasteiger partial charge in [-0.25, -0.2) is 4.90 Å². The van der Waals surface area contributed by atoms with Crippen molar-refractivity contribution in [1.82, 2.24) is 9.78 Å². The minimum Gasteiger partial charge on any atom is -0.321 e. The van der Waals surface area contributed by atoms with Crippen molar-refractivity contribution in [2.75, 3.05) is 10.2 Å². The minimum absolute atomic E-state index is 0.182. The maximum atomic E-state index is 12.9. The second-order valence-electron chi connectivity index (χ2n) is 9.42. The molecule has 1 aliphatic heterocycles. The van der Waals surface area contributed by atoms with Gasteiger partial charge in [0.1, 0.15) is 0 Å². The molecule has 1 aromatic heterocycles. The Morgan fingerprint density at radius 2 is 1.67 bits per heavy atom. The number of imide groups is 1. The van der Waals surface area contributed by atoms with Crippen molar-refractivity contribution in [2.45, 2.75) is 45.1 Å². The van der Waals surface area contributed by atoms with E-state index in [1.54, 1.807) is 36.4 Å². The highest BCUT2D eigenvalue weighted by Crippen LogP contribution is 2.42. The van der Waals surface area contributed by atoms with E-state index in [9.17, 15) is 14.4 Å². The number of aromatic nitrogens is 2. The van der Waals surface area contributed by atoms with Gasteiger partial charge in [0.2, 0.25) is 0 Å². The predicted octanol–water partition coefficient (Wildman–Crippen LogP) is 5.22. The first-order chi connectivity index (χ1) is 15.6. The standard InChI is InChI=1S/C25H23ClN4O3/c1-25(2,3)30-21(14-8-9-14)13-19(28-30)22(31)27-15-10-11-20(18(26)12-15)29-23(32)16-6-4-5-7-17(16)24(29)33/h4-7,10-14H,8-9H2,1-3H3,(H,27,31). The first-order valence-electron chi connectivity index (χ1n) is 10.8. The number of halogens is 1. The fourth-order valence-electron chi connectivity index (χ4n) is 4.08. The Bertz CT molecular complexity index is 1280. The maximum Gasteiger partial charge on any atom is 0.276 e. The van der Waals surface area contributed by atoms with E-state index >= 15 is 0 Å².